The molecule has 0 bridgehead atoms. The summed E-state index contributed by atoms with van der Waals surface area (Å²) in [6.07, 6.45) is 3.94. The quantitative estimate of drug-likeness (QED) is 0.275. The minimum atomic E-state index is -0.248. The van der Waals surface area contributed by atoms with Gasteiger partial charge in [0.1, 0.15) is 5.82 Å². The van der Waals surface area contributed by atoms with Gasteiger partial charge in [-0.05, 0) is 42.0 Å². The lowest BCUT2D eigenvalue weighted by Gasteiger charge is -2.13. The van der Waals surface area contributed by atoms with E-state index in [1.54, 1.807) is 17.0 Å². The largest absolute Gasteiger partial charge is 0.342 e. The summed E-state index contributed by atoms with van der Waals surface area (Å²) in [4.78, 5) is 15.3. The van der Waals surface area contributed by atoms with Gasteiger partial charge in [0, 0.05) is 29.2 Å². The molecule has 1 aromatic heterocycles. The van der Waals surface area contributed by atoms with E-state index in [2.05, 4.69) is 4.57 Å². The standard InChI is InChI=1S/C25H17FN2OS2/c26-19-12-10-17(11-13-19)15-27-16-18(21-8-4-5-9-22(21)27)14-23-24(29)28(25(30)31-23)20-6-2-1-3-7-20/h1-14,16H,15H2/b23-14-. The van der Waals surface area contributed by atoms with Crippen molar-refractivity contribution in [3.63, 3.8) is 0 Å². The second-order valence-corrected chi connectivity index (χ2v) is 8.88. The lowest BCUT2D eigenvalue weighted by atomic mass is 10.1. The summed E-state index contributed by atoms with van der Waals surface area (Å²) >= 11 is 6.80. The zero-order valence-corrected chi connectivity index (χ0v) is 18.0. The molecule has 0 unspecified atom stereocenters. The molecule has 3 nitrogen and oxygen atoms in total. The Kier molecular flexibility index (Phi) is 5.18. The van der Waals surface area contributed by atoms with Gasteiger partial charge in [-0.3, -0.25) is 9.69 Å². The average molecular weight is 445 g/mol. The van der Waals surface area contributed by atoms with Crippen molar-refractivity contribution in [2.75, 3.05) is 4.90 Å². The maximum atomic E-state index is 13.3. The Labute approximate surface area is 188 Å². The number of thioether (sulfide) groups is 1. The Balaban J connectivity index is 1.52. The Morgan fingerprint density at radius 1 is 0.935 bits per heavy atom. The average Bonchev–Trinajstić information content (AvgIpc) is 3.27. The summed E-state index contributed by atoms with van der Waals surface area (Å²) in [5.74, 6) is -0.362. The van der Waals surface area contributed by atoms with Crippen LogP contribution in [-0.2, 0) is 11.3 Å². The van der Waals surface area contributed by atoms with Gasteiger partial charge in [0.05, 0.1) is 10.6 Å². The summed E-state index contributed by atoms with van der Waals surface area (Å²) in [6, 6.07) is 24.0. The number of fused-ring (bicyclic) bond motifs is 1. The second-order valence-electron chi connectivity index (χ2n) is 7.21. The van der Waals surface area contributed by atoms with Gasteiger partial charge >= 0.3 is 0 Å². The van der Waals surface area contributed by atoms with E-state index in [0.717, 1.165) is 27.7 Å². The first-order valence-electron chi connectivity index (χ1n) is 9.75. The number of aromatic nitrogens is 1. The molecule has 0 spiro atoms. The zero-order valence-electron chi connectivity index (χ0n) is 16.4. The third-order valence-corrected chi connectivity index (χ3v) is 6.48. The van der Waals surface area contributed by atoms with Crippen molar-refractivity contribution in [3.05, 3.63) is 107 Å². The molecule has 3 aromatic carbocycles. The number of nitrogens with zero attached hydrogens (tertiary/aromatic N) is 2. The minimum absolute atomic E-state index is 0.114. The third-order valence-electron chi connectivity index (χ3n) is 5.18. The lowest BCUT2D eigenvalue weighted by molar-refractivity contribution is -0.113. The van der Waals surface area contributed by atoms with E-state index in [9.17, 15) is 9.18 Å². The van der Waals surface area contributed by atoms with Crippen molar-refractivity contribution in [2.24, 2.45) is 0 Å². The molecule has 6 heteroatoms. The van der Waals surface area contributed by atoms with Crippen LogP contribution in [0.4, 0.5) is 10.1 Å². The van der Waals surface area contributed by atoms with Crippen molar-refractivity contribution in [1.29, 1.82) is 0 Å². The first-order valence-corrected chi connectivity index (χ1v) is 11.0. The van der Waals surface area contributed by atoms with Gasteiger partial charge in [0.2, 0.25) is 0 Å². The van der Waals surface area contributed by atoms with Crippen LogP contribution in [0.2, 0.25) is 0 Å². The molecular formula is C25H17FN2OS2. The number of rotatable bonds is 4. The third kappa shape index (κ3) is 3.80. The number of para-hydroxylation sites is 2. The lowest BCUT2D eigenvalue weighted by Crippen LogP contribution is -2.27. The number of benzene rings is 3. The van der Waals surface area contributed by atoms with Gasteiger partial charge in [-0.2, -0.15) is 0 Å². The predicted octanol–water partition coefficient (Wildman–Crippen LogP) is 6.23. The highest BCUT2D eigenvalue weighted by molar-refractivity contribution is 8.27. The smallest absolute Gasteiger partial charge is 0.270 e. The van der Waals surface area contributed by atoms with Gasteiger partial charge in [-0.15, -0.1) is 0 Å². The zero-order chi connectivity index (χ0) is 21.4. The molecule has 0 saturated carbocycles. The molecule has 2 heterocycles. The van der Waals surface area contributed by atoms with Crippen molar-refractivity contribution in [1.82, 2.24) is 4.57 Å². The molecule has 31 heavy (non-hydrogen) atoms. The summed E-state index contributed by atoms with van der Waals surface area (Å²) in [7, 11) is 0. The molecule has 1 amide bonds. The Bertz CT molecular complexity index is 1330. The number of amides is 1. The fourth-order valence-corrected chi connectivity index (χ4v) is 5.01. The van der Waals surface area contributed by atoms with Crippen molar-refractivity contribution >= 4 is 56.9 Å². The second kappa shape index (κ2) is 8.13. The van der Waals surface area contributed by atoms with E-state index in [1.807, 2.05) is 66.9 Å². The van der Waals surface area contributed by atoms with Crippen LogP contribution in [0, 0.1) is 5.82 Å². The number of carbonyl (C=O) groups is 1. The Hall–Kier alpha value is -3.22. The Morgan fingerprint density at radius 3 is 2.42 bits per heavy atom. The summed E-state index contributed by atoms with van der Waals surface area (Å²) in [5.41, 5.74) is 3.78. The van der Waals surface area contributed by atoms with Crippen LogP contribution < -0.4 is 4.90 Å². The molecule has 1 aliphatic heterocycles. The summed E-state index contributed by atoms with van der Waals surface area (Å²) < 4.78 is 15.9. The van der Waals surface area contributed by atoms with E-state index in [0.29, 0.717) is 15.8 Å². The molecule has 4 aromatic rings. The number of halogens is 1. The molecular weight excluding hydrogens is 427 g/mol. The summed E-state index contributed by atoms with van der Waals surface area (Å²) in [5, 5.41) is 1.05. The van der Waals surface area contributed by atoms with Crippen molar-refractivity contribution in [2.45, 2.75) is 6.54 Å². The maximum Gasteiger partial charge on any atom is 0.270 e. The number of carbonyl (C=O) groups excluding carboxylic acids is 1. The van der Waals surface area contributed by atoms with Crippen LogP contribution in [-0.4, -0.2) is 14.8 Å². The van der Waals surface area contributed by atoms with Crippen LogP contribution in [0.25, 0.3) is 17.0 Å². The number of anilines is 1. The van der Waals surface area contributed by atoms with E-state index in [-0.39, 0.29) is 11.7 Å². The number of hydrogen-bond acceptors (Lipinski definition) is 3. The molecule has 0 atom stereocenters. The first kappa shape index (κ1) is 19.7. The molecule has 0 aliphatic carbocycles. The highest BCUT2D eigenvalue weighted by atomic mass is 32.2. The number of hydrogen-bond donors (Lipinski definition) is 0. The highest BCUT2D eigenvalue weighted by Gasteiger charge is 2.33. The van der Waals surface area contributed by atoms with E-state index < -0.39 is 0 Å². The molecule has 1 saturated heterocycles. The van der Waals surface area contributed by atoms with Crippen molar-refractivity contribution in [3.8, 4) is 0 Å². The molecule has 0 radical (unpaired) electrons. The molecule has 1 fully saturated rings. The topological polar surface area (TPSA) is 25.2 Å². The van der Waals surface area contributed by atoms with Crippen LogP contribution in [0.1, 0.15) is 11.1 Å². The molecule has 0 N–H and O–H groups in total. The normalized spacial score (nSPS) is 15.4. The first-order chi connectivity index (χ1) is 15.1. The van der Waals surface area contributed by atoms with Gasteiger partial charge in [-0.25, -0.2) is 4.39 Å². The van der Waals surface area contributed by atoms with E-state index in [4.69, 9.17) is 12.2 Å². The van der Waals surface area contributed by atoms with Crippen LogP contribution in [0.15, 0.2) is 90.0 Å². The van der Waals surface area contributed by atoms with E-state index >= 15 is 0 Å². The highest BCUT2D eigenvalue weighted by Crippen LogP contribution is 2.37. The number of thiocarbonyl (C=S) groups is 1. The monoisotopic (exact) mass is 444 g/mol. The van der Waals surface area contributed by atoms with Gasteiger partial charge < -0.3 is 4.57 Å². The maximum absolute atomic E-state index is 13.3. The molecule has 5 rings (SSSR count). The fraction of sp³-hybridized carbons (Fsp3) is 0.0400. The minimum Gasteiger partial charge on any atom is -0.342 e. The molecule has 1 aliphatic rings. The van der Waals surface area contributed by atoms with Gasteiger partial charge in [0.15, 0.2) is 4.32 Å². The summed E-state index contributed by atoms with van der Waals surface area (Å²) in [6.45, 7) is 0.611. The fourth-order valence-electron chi connectivity index (χ4n) is 3.72. The van der Waals surface area contributed by atoms with Crippen LogP contribution in [0.5, 0.6) is 0 Å². The van der Waals surface area contributed by atoms with E-state index in [1.165, 1.54) is 23.9 Å². The SMILES string of the molecule is O=C1/C(=C/c2cn(Cc3ccc(F)cc3)c3ccccc23)SC(=S)N1c1ccccc1. The molecule has 152 valence electrons. The van der Waals surface area contributed by atoms with Gasteiger partial charge in [0.25, 0.3) is 5.91 Å². The van der Waals surface area contributed by atoms with Gasteiger partial charge in [-0.1, -0.05) is 72.5 Å². The van der Waals surface area contributed by atoms with Crippen molar-refractivity contribution < 1.29 is 9.18 Å². The van der Waals surface area contributed by atoms with Crippen LogP contribution >= 0.6 is 24.0 Å². The predicted molar refractivity (Wildman–Crippen MR) is 130 cm³/mol. The van der Waals surface area contributed by atoms with Crippen LogP contribution in [0.3, 0.4) is 0 Å². The Morgan fingerprint density at radius 2 is 1.65 bits per heavy atom.